The van der Waals surface area contributed by atoms with E-state index in [1.165, 1.54) is 0 Å². The molecule has 1 atom stereocenters. The van der Waals surface area contributed by atoms with Crippen LogP contribution in [0, 0.1) is 0 Å². The lowest BCUT2D eigenvalue weighted by atomic mass is 10.0. The molecule has 0 aliphatic heterocycles. The monoisotopic (exact) mass is 210 g/mol. The van der Waals surface area contributed by atoms with Gasteiger partial charge in [-0.2, -0.15) is 8.78 Å². The van der Waals surface area contributed by atoms with Crippen LogP contribution in [-0.2, 0) is 0 Å². The van der Waals surface area contributed by atoms with Crippen molar-refractivity contribution in [1.29, 1.82) is 0 Å². The Hall–Kier alpha value is 0.400. The molecule has 0 saturated carbocycles. The summed E-state index contributed by atoms with van der Waals surface area (Å²) in [7, 11) is 0. The van der Waals surface area contributed by atoms with Gasteiger partial charge >= 0.3 is 5.92 Å². The van der Waals surface area contributed by atoms with Crippen molar-refractivity contribution in [2.75, 3.05) is 0 Å². The molecular weight excluding hydrogens is 211 g/mol. The van der Waals surface area contributed by atoms with Crippen LogP contribution in [0.3, 0.4) is 0 Å². The zero-order valence-electron chi connectivity index (χ0n) is 4.27. The highest BCUT2D eigenvalue weighted by Gasteiger charge is 2.68. The van der Waals surface area contributed by atoms with E-state index in [-0.39, 0.29) is 0 Å². The lowest BCUT2D eigenvalue weighted by Gasteiger charge is -2.36. The molecule has 0 aromatic carbocycles. The first-order valence-electron chi connectivity index (χ1n) is 2.13. The summed E-state index contributed by atoms with van der Waals surface area (Å²) in [5.74, 6) is -3.84. The maximum Gasteiger partial charge on any atom is 0.337 e. The molecule has 0 nitrogen and oxygen atoms in total. The summed E-state index contributed by atoms with van der Waals surface area (Å²) in [4.78, 5) is 0. The van der Waals surface area contributed by atoms with Gasteiger partial charge in [0.15, 0.2) is 0 Å². The second kappa shape index (κ2) is 1.96. The molecule has 1 aliphatic carbocycles. The van der Waals surface area contributed by atoms with Gasteiger partial charge in [0.1, 0.15) is 5.03 Å². The molecule has 6 heteroatoms. The van der Waals surface area contributed by atoms with Crippen LogP contribution in [0.2, 0.25) is 0 Å². The average Bonchev–Trinajstić information content (AvgIpc) is 1.84. The van der Waals surface area contributed by atoms with E-state index in [1.807, 2.05) is 0 Å². The third-order valence-electron chi connectivity index (χ3n) is 1.14. The fourth-order valence-corrected chi connectivity index (χ4v) is 1.27. The molecule has 0 heterocycles. The summed E-state index contributed by atoms with van der Waals surface area (Å²) in [5.41, 5.74) is 0. The zero-order valence-corrected chi connectivity index (χ0v) is 6.54. The van der Waals surface area contributed by atoms with Gasteiger partial charge in [-0.25, -0.2) is 4.39 Å². The molecule has 10 heavy (non-hydrogen) atoms. The molecule has 0 aromatic rings. The molecule has 0 fully saturated rings. The minimum atomic E-state index is -3.84. The summed E-state index contributed by atoms with van der Waals surface area (Å²) in [6.45, 7) is 0. The van der Waals surface area contributed by atoms with Crippen LogP contribution < -0.4 is 0 Å². The number of rotatable bonds is 0. The third-order valence-corrected chi connectivity index (χ3v) is 2.63. The molecule has 0 radical (unpaired) electrons. The highest BCUT2D eigenvalue weighted by atomic mass is 35.5. The van der Waals surface area contributed by atoms with Crippen molar-refractivity contribution < 1.29 is 13.2 Å². The molecule has 1 aliphatic rings. The van der Waals surface area contributed by atoms with Gasteiger partial charge in [-0.1, -0.05) is 34.8 Å². The maximum absolute atomic E-state index is 12.4. The minimum absolute atomic E-state index is 0.833. The second-order valence-electron chi connectivity index (χ2n) is 1.78. The molecule has 1 rings (SSSR count). The first-order chi connectivity index (χ1) is 4.32. The Morgan fingerprint density at radius 2 is 1.40 bits per heavy atom. The molecule has 0 amide bonds. The number of halogens is 6. The Bertz CT molecular complexity index is 186. The summed E-state index contributed by atoms with van der Waals surface area (Å²) in [6, 6.07) is 0. The van der Waals surface area contributed by atoms with Gasteiger partial charge in [0.05, 0.1) is 5.03 Å². The van der Waals surface area contributed by atoms with Crippen molar-refractivity contribution in [1.82, 2.24) is 0 Å². The van der Waals surface area contributed by atoms with Gasteiger partial charge in [-0.15, -0.1) is 0 Å². The number of alkyl halides is 4. The molecule has 0 unspecified atom stereocenters. The van der Waals surface area contributed by atoms with E-state index in [9.17, 15) is 13.2 Å². The number of allylic oxidation sites excluding steroid dienone is 2. The van der Waals surface area contributed by atoms with Gasteiger partial charge in [-0.05, 0) is 0 Å². The molecule has 0 bridgehead atoms. The van der Waals surface area contributed by atoms with Crippen molar-refractivity contribution in [3.63, 3.8) is 0 Å². The van der Waals surface area contributed by atoms with E-state index in [4.69, 9.17) is 23.2 Å². The smallest absolute Gasteiger partial charge is 0.213 e. The first-order valence-corrected chi connectivity index (χ1v) is 3.27. The minimum Gasteiger partial charge on any atom is -0.213 e. The largest absolute Gasteiger partial charge is 0.337 e. The standard InChI is InChI=1S/C4Cl3F3/c5-1-2(6)4(9,10)3(1,7)8/t3-/m0/s1. The van der Waals surface area contributed by atoms with Crippen LogP contribution in [0.15, 0.2) is 10.1 Å². The van der Waals surface area contributed by atoms with Crippen molar-refractivity contribution in [3.05, 3.63) is 10.1 Å². The van der Waals surface area contributed by atoms with Crippen molar-refractivity contribution in [3.8, 4) is 0 Å². The zero-order chi connectivity index (χ0) is 8.15. The first kappa shape index (κ1) is 8.50. The van der Waals surface area contributed by atoms with E-state index < -0.39 is 21.1 Å². The molecular formula is C4Cl3F3. The lowest BCUT2D eigenvalue weighted by Crippen LogP contribution is -2.49. The van der Waals surface area contributed by atoms with Crippen LogP contribution in [0.25, 0.3) is 0 Å². The third kappa shape index (κ3) is 0.713. The van der Waals surface area contributed by atoms with E-state index >= 15 is 0 Å². The van der Waals surface area contributed by atoms with Crippen LogP contribution >= 0.6 is 34.8 Å². The van der Waals surface area contributed by atoms with E-state index in [0.29, 0.717) is 0 Å². The number of hydrogen-bond donors (Lipinski definition) is 0. The molecule has 0 spiro atoms. The molecule has 58 valence electrons. The van der Waals surface area contributed by atoms with Gasteiger partial charge in [0.2, 0.25) is 0 Å². The van der Waals surface area contributed by atoms with E-state index in [2.05, 4.69) is 11.6 Å². The van der Waals surface area contributed by atoms with Crippen LogP contribution in [-0.4, -0.2) is 11.1 Å². The van der Waals surface area contributed by atoms with Gasteiger partial charge < -0.3 is 0 Å². The predicted octanol–water partition coefficient (Wildman–Crippen LogP) is 3.23. The highest BCUT2D eigenvalue weighted by Crippen LogP contribution is 2.59. The second-order valence-corrected chi connectivity index (χ2v) is 3.05. The average molecular weight is 211 g/mol. The van der Waals surface area contributed by atoms with Gasteiger partial charge in [0, 0.05) is 0 Å². The number of hydrogen-bond acceptors (Lipinski definition) is 0. The molecule has 0 N–H and O–H groups in total. The fourth-order valence-electron chi connectivity index (χ4n) is 0.489. The summed E-state index contributed by atoms with van der Waals surface area (Å²) in [5, 5.41) is -5.15. The lowest BCUT2D eigenvalue weighted by molar-refractivity contribution is -0.0600. The van der Waals surface area contributed by atoms with Gasteiger partial charge in [0.25, 0.3) is 5.13 Å². The quantitative estimate of drug-likeness (QED) is 0.540. The van der Waals surface area contributed by atoms with Crippen molar-refractivity contribution >= 4 is 34.8 Å². The van der Waals surface area contributed by atoms with E-state index in [1.54, 1.807) is 0 Å². The van der Waals surface area contributed by atoms with Crippen LogP contribution in [0.5, 0.6) is 0 Å². The summed E-state index contributed by atoms with van der Waals surface area (Å²) < 4.78 is 36.7. The molecule has 0 saturated heterocycles. The summed E-state index contributed by atoms with van der Waals surface area (Å²) >= 11 is 14.4. The Labute approximate surface area is 69.5 Å². The van der Waals surface area contributed by atoms with Gasteiger partial charge in [-0.3, -0.25) is 0 Å². The SMILES string of the molecule is FC1(F)C(Cl)=C(Cl)[C@@]1(F)Cl. The van der Waals surface area contributed by atoms with Crippen LogP contribution in [0.4, 0.5) is 13.2 Å². The molecule has 0 aromatic heterocycles. The Balaban J connectivity index is 3.10. The summed E-state index contributed by atoms with van der Waals surface area (Å²) in [6.07, 6.45) is 0. The topological polar surface area (TPSA) is 0 Å². The highest BCUT2D eigenvalue weighted by molar-refractivity contribution is 6.48. The predicted molar refractivity (Wildman–Crippen MR) is 33.4 cm³/mol. The van der Waals surface area contributed by atoms with Crippen molar-refractivity contribution in [2.45, 2.75) is 11.1 Å². The Kier molecular flexibility index (Phi) is 1.66. The van der Waals surface area contributed by atoms with Crippen molar-refractivity contribution in [2.24, 2.45) is 0 Å². The van der Waals surface area contributed by atoms with E-state index in [0.717, 1.165) is 0 Å². The maximum atomic E-state index is 12.4. The Morgan fingerprint density at radius 1 is 1.00 bits per heavy atom. The normalized spacial score (nSPS) is 37.8. The Morgan fingerprint density at radius 3 is 1.50 bits per heavy atom. The fraction of sp³-hybridized carbons (Fsp3) is 0.500. The van der Waals surface area contributed by atoms with Crippen LogP contribution in [0.1, 0.15) is 0 Å².